The summed E-state index contributed by atoms with van der Waals surface area (Å²) in [5.74, 6) is 0.866. The Morgan fingerprint density at radius 3 is 2.57 bits per heavy atom. The third-order valence-corrected chi connectivity index (χ3v) is 5.50. The summed E-state index contributed by atoms with van der Waals surface area (Å²) in [7, 11) is 0. The average Bonchev–Trinajstić information content (AvgIpc) is 2.79. The second-order valence-corrected chi connectivity index (χ2v) is 7.82. The van der Waals surface area contributed by atoms with Gasteiger partial charge in [0.05, 0.1) is 25.9 Å². The molecule has 0 amide bonds. The first-order chi connectivity index (χ1) is 14.8. The second-order valence-electron chi connectivity index (χ2n) is 7.82. The van der Waals surface area contributed by atoms with Crippen molar-refractivity contribution in [1.29, 1.82) is 0 Å². The fourth-order valence-electron chi connectivity index (χ4n) is 3.74. The fourth-order valence-corrected chi connectivity index (χ4v) is 3.74. The van der Waals surface area contributed by atoms with Crippen molar-refractivity contribution in [3.8, 4) is 0 Å². The number of nitrogens with one attached hydrogen (secondary N) is 2. The molecule has 2 fully saturated rings. The van der Waals surface area contributed by atoms with Crippen LogP contribution in [0.25, 0.3) is 0 Å². The van der Waals surface area contributed by atoms with E-state index in [1.165, 1.54) is 11.1 Å². The summed E-state index contributed by atoms with van der Waals surface area (Å²) in [4.78, 5) is 7.27. The zero-order valence-electron chi connectivity index (χ0n) is 18.4. The van der Waals surface area contributed by atoms with E-state index in [1.807, 2.05) is 0 Å². The Morgan fingerprint density at radius 1 is 1.07 bits per heavy atom. The summed E-state index contributed by atoms with van der Waals surface area (Å²) >= 11 is 0. The van der Waals surface area contributed by atoms with Crippen molar-refractivity contribution in [3.05, 3.63) is 35.4 Å². The minimum atomic E-state index is 0.364. The van der Waals surface area contributed by atoms with Gasteiger partial charge in [0.25, 0.3) is 0 Å². The fraction of sp³-hybridized carbons (Fsp3) is 0.696. The van der Waals surface area contributed by atoms with Gasteiger partial charge in [-0.1, -0.05) is 24.3 Å². The highest BCUT2D eigenvalue weighted by molar-refractivity contribution is 5.79. The van der Waals surface area contributed by atoms with Crippen LogP contribution in [0.1, 0.15) is 37.3 Å². The van der Waals surface area contributed by atoms with Gasteiger partial charge in [0.2, 0.25) is 0 Å². The predicted octanol–water partition coefficient (Wildman–Crippen LogP) is 2.16. The van der Waals surface area contributed by atoms with E-state index >= 15 is 0 Å². The molecule has 2 aliphatic heterocycles. The summed E-state index contributed by atoms with van der Waals surface area (Å²) in [6.07, 6.45) is 3.36. The summed E-state index contributed by atoms with van der Waals surface area (Å²) in [6.45, 7) is 11.5. The Hall–Kier alpha value is -1.67. The summed E-state index contributed by atoms with van der Waals surface area (Å²) < 4.78 is 16.8. The molecule has 0 atom stereocenters. The van der Waals surface area contributed by atoms with E-state index in [2.05, 4.69) is 46.7 Å². The van der Waals surface area contributed by atoms with Crippen LogP contribution in [0, 0.1) is 0 Å². The lowest BCUT2D eigenvalue weighted by molar-refractivity contribution is -0.0320. The lowest BCUT2D eigenvalue weighted by Gasteiger charge is -2.27. The van der Waals surface area contributed by atoms with E-state index in [-0.39, 0.29) is 0 Å². The number of aliphatic imine (C=N–C) groups is 1. The van der Waals surface area contributed by atoms with E-state index in [0.29, 0.717) is 12.6 Å². The summed E-state index contributed by atoms with van der Waals surface area (Å²) in [5, 5.41) is 6.79. The van der Waals surface area contributed by atoms with Crippen molar-refractivity contribution >= 4 is 5.96 Å². The second kappa shape index (κ2) is 13.6. The number of rotatable bonds is 10. The minimum absolute atomic E-state index is 0.364. The summed E-state index contributed by atoms with van der Waals surface area (Å²) in [5.41, 5.74) is 2.63. The Labute approximate surface area is 181 Å². The van der Waals surface area contributed by atoms with Crippen molar-refractivity contribution < 1.29 is 14.2 Å². The van der Waals surface area contributed by atoms with E-state index in [1.54, 1.807) is 0 Å². The molecule has 1 aromatic rings. The number of guanidine groups is 1. The minimum Gasteiger partial charge on any atom is -0.381 e. The normalized spacial score (nSPS) is 19.0. The van der Waals surface area contributed by atoms with Gasteiger partial charge in [0.1, 0.15) is 0 Å². The van der Waals surface area contributed by atoms with Crippen LogP contribution < -0.4 is 10.6 Å². The molecule has 30 heavy (non-hydrogen) atoms. The molecule has 0 radical (unpaired) electrons. The van der Waals surface area contributed by atoms with Crippen molar-refractivity contribution in [3.63, 3.8) is 0 Å². The van der Waals surface area contributed by atoms with Crippen molar-refractivity contribution in [2.75, 3.05) is 59.2 Å². The van der Waals surface area contributed by atoms with Crippen LogP contribution in [0.5, 0.6) is 0 Å². The maximum atomic E-state index is 5.95. The molecule has 3 rings (SSSR count). The first kappa shape index (κ1) is 23.0. The number of morpholine rings is 1. The number of benzene rings is 1. The number of ether oxygens (including phenoxy) is 3. The maximum Gasteiger partial charge on any atom is 0.191 e. The van der Waals surface area contributed by atoms with Gasteiger partial charge in [0.15, 0.2) is 5.96 Å². The molecule has 0 bridgehead atoms. The Kier molecular flexibility index (Phi) is 10.4. The molecule has 0 aliphatic carbocycles. The molecule has 0 spiro atoms. The molecule has 0 aromatic heterocycles. The average molecular weight is 419 g/mol. The van der Waals surface area contributed by atoms with E-state index < -0.39 is 0 Å². The van der Waals surface area contributed by atoms with Crippen LogP contribution in [0.2, 0.25) is 0 Å². The highest BCUT2D eigenvalue weighted by atomic mass is 16.5. The maximum absolute atomic E-state index is 5.95. The van der Waals surface area contributed by atoms with Gasteiger partial charge in [-0.15, -0.1) is 0 Å². The molecule has 0 unspecified atom stereocenters. The molecule has 2 N–H and O–H groups in total. The van der Waals surface area contributed by atoms with E-state index in [4.69, 9.17) is 19.2 Å². The van der Waals surface area contributed by atoms with E-state index in [9.17, 15) is 0 Å². The SMILES string of the molecule is CCNC(=NCc1ccccc1CN1CCOCC1)NCCCOC1CCOCC1. The van der Waals surface area contributed by atoms with Crippen LogP contribution in [0.4, 0.5) is 0 Å². The lowest BCUT2D eigenvalue weighted by Crippen LogP contribution is -2.38. The van der Waals surface area contributed by atoms with Gasteiger partial charge in [-0.2, -0.15) is 0 Å². The Balaban J connectivity index is 1.44. The zero-order valence-corrected chi connectivity index (χ0v) is 18.4. The van der Waals surface area contributed by atoms with Crippen LogP contribution >= 0.6 is 0 Å². The molecular formula is C23H38N4O3. The van der Waals surface area contributed by atoms with Gasteiger partial charge in [0, 0.05) is 52.5 Å². The standard InChI is InChI=1S/C23H38N4O3/c1-2-24-23(25-10-5-13-30-22-8-14-28-15-9-22)26-18-20-6-3-4-7-21(20)19-27-11-16-29-17-12-27/h3-4,6-7,22H,2,5,8-19H2,1H3,(H2,24,25,26). The topological polar surface area (TPSA) is 67.4 Å². The Bertz CT molecular complexity index is 629. The molecule has 2 aliphatic rings. The lowest BCUT2D eigenvalue weighted by atomic mass is 10.1. The highest BCUT2D eigenvalue weighted by Gasteiger charge is 2.14. The molecule has 7 heteroatoms. The van der Waals surface area contributed by atoms with Crippen molar-refractivity contribution in [2.45, 2.75) is 45.4 Å². The molecule has 1 aromatic carbocycles. The summed E-state index contributed by atoms with van der Waals surface area (Å²) in [6, 6.07) is 8.62. The van der Waals surface area contributed by atoms with Gasteiger partial charge in [-0.05, 0) is 37.3 Å². The third kappa shape index (κ3) is 8.22. The first-order valence-corrected chi connectivity index (χ1v) is 11.4. The quantitative estimate of drug-likeness (QED) is 0.345. The van der Waals surface area contributed by atoms with Crippen LogP contribution in [-0.2, 0) is 27.3 Å². The van der Waals surface area contributed by atoms with Gasteiger partial charge >= 0.3 is 0 Å². The van der Waals surface area contributed by atoms with Gasteiger partial charge in [-0.3, -0.25) is 4.90 Å². The molecule has 2 saturated heterocycles. The molecule has 7 nitrogen and oxygen atoms in total. The molecular weight excluding hydrogens is 380 g/mol. The Morgan fingerprint density at radius 2 is 1.80 bits per heavy atom. The highest BCUT2D eigenvalue weighted by Crippen LogP contribution is 2.14. The van der Waals surface area contributed by atoms with Crippen LogP contribution in [-0.4, -0.2) is 76.2 Å². The van der Waals surface area contributed by atoms with Crippen LogP contribution in [0.15, 0.2) is 29.3 Å². The van der Waals surface area contributed by atoms with E-state index in [0.717, 1.165) is 91.0 Å². The monoisotopic (exact) mass is 418 g/mol. The first-order valence-electron chi connectivity index (χ1n) is 11.4. The van der Waals surface area contributed by atoms with Gasteiger partial charge in [-0.25, -0.2) is 4.99 Å². The zero-order chi connectivity index (χ0) is 20.9. The molecule has 0 saturated carbocycles. The number of hydrogen-bond donors (Lipinski definition) is 2. The number of nitrogens with zero attached hydrogens (tertiary/aromatic N) is 2. The molecule has 2 heterocycles. The van der Waals surface area contributed by atoms with Crippen molar-refractivity contribution in [2.24, 2.45) is 4.99 Å². The number of hydrogen-bond acceptors (Lipinski definition) is 5. The largest absolute Gasteiger partial charge is 0.381 e. The van der Waals surface area contributed by atoms with Crippen LogP contribution in [0.3, 0.4) is 0 Å². The predicted molar refractivity (Wildman–Crippen MR) is 120 cm³/mol. The molecule has 168 valence electrons. The smallest absolute Gasteiger partial charge is 0.191 e. The van der Waals surface area contributed by atoms with Gasteiger partial charge < -0.3 is 24.8 Å². The third-order valence-electron chi connectivity index (χ3n) is 5.50. The van der Waals surface area contributed by atoms with Crippen molar-refractivity contribution in [1.82, 2.24) is 15.5 Å².